The van der Waals surface area contributed by atoms with Crippen molar-refractivity contribution in [3.63, 3.8) is 0 Å². The highest BCUT2D eigenvalue weighted by Gasteiger charge is 2.23. The van der Waals surface area contributed by atoms with E-state index in [1.165, 1.54) is 11.1 Å². The number of hydrogen-bond acceptors (Lipinski definition) is 4. The first-order chi connectivity index (χ1) is 14.5. The van der Waals surface area contributed by atoms with Crippen molar-refractivity contribution >= 4 is 11.9 Å². The van der Waals surface area contributed by atoms with Gasteiger partial charge in [0, 0.05) is 45.7 Å². The predicted octanol–water partition coefficient (Wildman–Crippen LogP) is 1.96. The van der Waals surface area contributed by atoms with Gasteiger partial charge >= 0.3 is 0 Å². The van der Waals surface area contributed by atoms with Gasteiger partial charge in [0.05, 0.1) is 19.3 Å². The van der Waals surface area contributed by atoms with Gasteiger partial charge in [-0.05, 0) is 43.7 Å². The third-order valence-electron chi connectivity index (χ3n) is 5.78. The van der Waals surface area contributed by atoms with Crippen molar-refractivity contribution in [2.75, 3.05) is 39.3 Å². The second kappa shape index (κ2) is 11.3. The zero-order valence-electron chi connectivity index (χ0n) is 18.5. The average molecular weight is 416 g/mol. The summed E-state index contributed by atoms with van der Waals surface area (Å²) in [6, 6.07) is 8.72. The summed E-state index contributed by atoms with van der Waals surface area (Å²) in [6.07, 6.45) is 2.88. The molecule has 2 saturated heterocycles. The Labute approximate surface area is 180 Å². The van der Waals surface area contributed by atoms with Crippen molar-refractivity contribution in [2.24, 2.45) is 16.6 Å². The van der Waals surface area contributed by atoms with Crippen molar-refractivity contribution in [3.05, 3.63) is 35.4 Å². The van der Waals surface area contributed by atoms with Crippen LogP contribution >= 0.6 is 0 Å². The first kappa shape index (κ1) is 22.6. The molecule has 3 N–H and O–H groups in total. The number of benzene rings is 1. The fraction of sp³-hybridized carbons (Fsp3) is 0.652. The highest BCUT2D eigenvalue weighted by atomic mass is 16.5. The van der Waals surface area contributed by atoms with Crippen LogP contribution in [0.5, 0.6) is 0 Å². The van der Waals surface area contributed by atoms with E-state index in [2.05, 4.69) is 53.2 Å². The van der Waals surface area contributed by atoms with E-state index < -0.39 is 0 Å². The van der Waals surface area contributed by atoms with Crippen molar-refractivity contribution in [2.45, 2.75) is 52.3 Å². The zero-order chi connectivity index (χ0) is 21.3. The third kappa shape index (κ3) is 6.99. The summed E-state index contributed by atoms with van der Waals surface area (Å²) in [5.74, 6) is 1.04. The van der Waals surface area contributed by atoms with Crippen molar-refractivity contribution in [1.82, 2.24) is 15.1 Å². The highest BCUT2D eigenvalue weighted by Crippen LogP contribution is 2.20. The van der Waals surface area contributed by atoms with Crippen LogP contribution in [0.4, 0.5) is 0 Å². The van der Waals surface area contributed by atoms with Crippen LogP contribution in [-0.4, -0.2) is 67.1 Å². The van der Waals surface area contributed by atoms with Crippen LogP contribution in [-0.2, 0) is 22.6 Å². The lowest BCUT2D eigenvalue weighted by Crippen LogP contribution is -2.47. The van der Waals surface area contributed by atoms with E-state index in [-0.39, 0.29) is 5.91 Å². The standard InChI is InChI=1S/C23H37N5O2/c1-3-25-23(28-9-5-8-21(17-28)13-22(24)29)26-14-19-6-4-7-20(12-19)16-27-10-11-30-18(2)15-27/h4,6-7,12,18,21H,3,5,8-11,13-17H2,1-2H3,(H2,24,29)(H,25,26). The fourth-order valence-electron chi connectivity index (χ4n) is 4.42. The van der Waals surface area contributed by atoms with Gasteiger partial charge < -0.3 is 20.7 Å². The number of carbonyl (C=O) groups is 1. The van der Waals surface area contributed by atoms with Crippen LogP contribution in [0, 0.1) is 5.92 Å². The quantitative estimate of drug-likeness (QED) is 0.525. The van der Waals surface area contributed by atoms with E-state index in [0.29, 0.717) is 25.0 Å². The molecule has 0 bridgehead atoms. The Balaban J connectivity index is 1.62. The van der Waals surface area contributed by atoms with Crippen LogP contribution in [0.1, 0.15) is 44.2 Å². The van der Waals surface area contributed by atoms with Crippen LogP contribution < -0.4 is 11.1 Å². The summed E-state index contributed by atoms with van der Waals surface area (Å²) >= 11 is 0. The lowest BCUT2D eigenvalue weighted by molar-refractivity contribution is -0.119. The molecule has 7 nitrogen and oxygen atoms in total. The number of nitrogens with one attached hydrogen (secondary N) is 1. The lowest BCUT2D eigenvalue weighted by Gasteiger charge is -2.34. The number of likely N-dealkylation sites (tertiary alicyclic amines) is 1. The smallest absolute Gasteiger partial charge is 0.217 e. The SMILES string of the molecule is CCNC(=NCc1cccc(CN2CCOC(C)C2)c1)N1CCCC(CC(N)=O)C1. The molecule has 1 aromatic carbocycles. The van der Waals surface area contributed by atoms with Gasteiger partial charge in [-0.2, -0.15) is 0 Å². The summed E-state index contributed by atoms with van der Waals surface area (Å²) in [5.41, 5.74) is 7.95. The van der Waals surface area contributed by atoms with Crippen molar-refractivity contribution < 1.29 is 9.53 Å². The minimum Gasteiger partial charge on any atom is -0.376 e. The maximum Gasteiger partial charge on any atom is 0.217 e. The number of ether oxygens (including phenoxy) is 1. The molecule has 0 saturated carbocycles. The number of carbonyl (C=O) groups excluding carboxylic acids is 1. The number of nitrogens with two attached hydrogens (primary N) is 1. The molecule has 2 atom stereocenters. The molecule has 7 heteroatoms. The molecule has 3 rings (SSSR count). The molecular weight excluding hydrogens is 378 g/mol. The van der Waals surface area contributed by atoms with Gasteiger partial charge in [-0.15, -0.1) is 0 Å². The number of primary amides is 1. The summed E-state index contributed by atoms with van der Waals surface area (Å²) in [7, 11) is 0. The molecule has 0 aliphatic carbocycles. The van der Waals surface area contributed by atoms with Crippen LogP contribution in [0.25, 0.3) is 0 Å². The highest BCUT2D eigenvalue weighted by molar-refractivity contribution is 5.80. The molecule has 30 heavy (non-hydrogen) atoms. The van der Waals surface area contributed by atoms with E-state index in [4.69, 9.17) is 15.5 Å². The molecule has 2 heterocycles. The third-order valence-corrected chi connectivity index (χ3v) is 5.78. The molecule has 2 aliphatic heterocycles. The Bertz CT molecular complexity index is 723. The average Bonchev–Trinajstić information content (AvgIpc) is 2.71. The molecule has 166 valence electrons. The number of hydrogen-bond donors (Lipinski definition) is 2. The van der Waals surface area contributed by atoms with Gasteiger partial charge in [0.1, 0.15) is 0 Å². The Hall–Kier alpha value is -2.12. The van der Waals surface area contributed by atoms with Crippen molar-refractivity contribution in [3.8, 4) is 0 Å². The molecule has 0 aromatic heterocycles. The van der Waals surface area contributed by atoms with Crippen LogP contribution in [0.15, 0.2) is 29.3 Å². The minimum atomic E-state index is -0.213. The summed E-state index contributed by atoms with van der Waals surface area (Å²) < 4.78 is 5.65. The van der Waals surface area contributed by atoms with Crippen LogP contribution in [0.2, 0.25) is 0 Å². The molecule has 1 aromatic rings. The molecule has 2 aliphatic rings. The number of aliphatic imine (C=N–C) groups is 1. The first-order valence-corrected chi connectivity index (χ1v) is 11.3. The monoisotopic (exact) mass is 415 g/mol. The molecule has 2 fully saturated rings. The number of rotatable bonds is 7. The van der Waals surface area contributed by atoms with Crippen molar-refractivity contribution in [1.29, 1.82) is 0 Å². The van der Waals surface area contributed by atoms with E-state index in [1.54, 1.807) is 0 Å². The van der Waals surface area contributed by atoms with Gasteiger partial charge in [0.15, 0.2) is 5.96 Å². The Morgan fingerprint density at radius 3 is 2.90 bits per heavy atom. The maximum absolute atomic E-state index is 11.3. The fourth-order valence-corrected chi connectivity index (χ4v) is 4.42. The lowest BCUT2D eigenvalue weighted by atomic mass is 9.95. The van der Waals surface area contributed by atoms with Gasteiger partial charge in [0.25, 0.3) is 0 Å². The largest absolute Gasteiger partial charge is 0.376 e. The normalized spacial score (nSPS) is 23.4. The summed E-state index contributed by atoms with van der Waals surface area (Å²) in [5, 5.41) is 3.42. The number of morpholine rings is 1. The predicted molar refractivity (Wildman–Crippen MR) is 120 cm³/mol. The minimum absolute atomic E-state index is 0.213. The Morgan fingerprint density at radius 1 is 1.30 bits per heavy atom. The molecule has 1 amide bonds. The van der Waals surface area contributed by atoms with E-state index in [9.17, 15) is 4.79 Å². The van der Waals surface area contributed by atoms with E-state index in [0.717, 1.165) is 64.7 Å². The second-order valence-corrected chi connectivity index (χ2v) is 8.53. The van der Waals surface area contributed by atoms with E-state index in [1.807, 2.05) is 0 Å². The van der Waals surface area contributed by atoms with Gasteiger partial charge in [0.2, 0.25) is 5.91 Å². The number of guanidine groups is 1. The number of nitrogens with zero attached hydrogens (tertiary/aromatic N) is 3. The topological polar surface area (TPSA) is 83.2 Å². The zero-order valence-corrected chi connectivity index (χ0v) is 18.5. The maximum atomic E-state index is 11.3. The second-order valence-electron chi connectivity index (χ2n) is 8.53. The molecule has 0 radical (unpaired) electrons. The van der Waals surface area contributed by atoms with E-state index >= 15 is 0 Å². The number of amides is 1. The van der Waals surface area contributed by atoms with Crippen LogP contribution in [0.3, 0.4) is 0 Å². The van der Waals surface area contributed by atoms with Gasteiger partial charge in [-0.1, -0.05) is 24.3 Å². The Morgan fingerprint density at radius 2 is 2.13 bits per heavy atom. The number of piperidine rings is 1. The summed E-state index contributed by atoms with van der Waals surface area (Å²) in [4.78, 5) is 21.0. The van der Waals surface area contributed by atoms with Gasteiger partial charge in [-0.3, -0.25) is 9.69 Å². The molecule has 2 unspecified atom stereocenters. The molecular formula is C23H37N5O2. The van der Waals surface area contributed by atoms with Gasteiger partial charge in [-0.25, -0.2) is 4.99 Å². The summed E-state index contributed by atoms with van der Waals surface area (Å²) in [6.45, 7) is 11.2. The Kier molecular flexibility index (Phi) is 8.51. The molecule has 0 spiro atoms. The first-order valence-electron chi connectivity index (χ1n) is 11.3.